The van der Waals surface area contributed by atoms with Crippen molar-refractivity contribution in [1.82, 2.24) is 9.97 Å². The molecule has 0 aliphatic rings. The van der Waals surface area contributed by atoms with Crippen molar-refractivity contribution >= 4 is 6.08 Å². The van der Waals surface area contributed by atoms with Crippen molar-refractivity contribution in [3.05, 3.63) is 66.5 Å². The van der Waals surface area contributed by atoms with E-state index in [0.29, 0.717) is 17.8 Å². The highest BCUT2D eigenvalue weighted by Crippen LogP contribution is 2.21. The van der Waals surface area contributed by atoms with Gasteiger partial charge in [0.25, 0.3) is 0 Å². The lowest BCUT2D eigenvalue weighted by Gasteiger charge is -2.04. The quantitative estimate of drug-likeness (QED) is 0.571. The lowest BCUT2D eigenvalue weighted by Crippen LogP contribution is -1.97. The van der Waals surface area contributed by atoms with Crippen LogP contribution >= 0.6 is 0 Å². The van der Waals surface area contributed by atoms with Crippen LogP contribution in [0.3, 0.4) is 0 Å². The van der Waals surface area contributed by atoms with E-state index in [1.165, 1.54) is 6.07 Å². The summed E-state index contributed by atoms with van der Waals surface area (Å²) < 4.78 is 14.2. The molecule has 1 atom stereocenters. The largest absolute Gasteiger partial charge is 0.393 e. The van der Waals surface area contributed by atoms with Gasteiger partial charge >= 0.3 is 0 Å². The number of benzene rings is 1. The number of rotatable bonds is 8. The number of hydrogen-bond acceptors (Lipinski definition) is 3. The summed E-state index contributed by atoms with van der Waals surface area (Å²) in [5.41, 5.74) is 2.10. The van der Waals surface area contributed by atoms with E-state index < -0.39 is 0 Å². The van der Waals surface area contributed by atoms with Gasteiger partial charge in [-0.3, -0.25) is 0 Å². The van der Waals surface area contributed by atoms with Crippen LogP contribution in [0.4, 0.5) is 4.39 Å². The van der Waals surface area contributed by atoms with E-state index >= 15 is 0 Å². The fourth-order valence-corrected chi connectivity index (χ4v) is 2.32. The number of nitrogens with zero attached hydrogens (tertiary/aromatic N) is 2. The Morgan fingerprint density at radius 2 is 2.00 bits per heavy atom. The summed E-state index contributed by atoms with van der Waals surface area (Å²) in [6, 6.07) is 5.12. The fraction of sp³-hybridized carbons (Fsp3) is 0.300. The topological polar surface area (TPSA) is 46.0 Å². The van der Waals surface area contributed by atoms with Gasteiger partial charge in [0.1, 0.15) is 11.6 Å². The third-order valence-electron chi connectivity index (χ3n) is 3.66. The molecule has 0 saturated carbocycles. The average Bonchev–Trinajstić information content (AvgIpc) is 2.56. The van der Waals surface area contributed by atoms with Gasteiger partial charge in [-0.1, -0.05) is 30.4 Å². The maximum Gasteiger partial charge on any atom is 0.131 e. The lowest BCUT2D eigenvalue weighted by molar-refractivity contribution is 0.182. The standard InChI is InChI=1S/C20H23FN2O/c1-3-7-20-22-13-18(14-23-20)17-11-10-16(19(21)12-17)9-6-4-5-8-15(2)24/h3,6,9-15,24H,1,4-5,7-8H2,2H3. The van der Waals surface area contributed by atoms with Gasteiger partial charge in [-0.25, -0.2) is 14.4 Å². The summed E-state index contributed by atoms with van der Waals surface area (Å²) in [5, 5.41) is 9.20. The van der Waals surface area contributed by atoms with Gasteiger partial charge in [-0.15, -0.1) is 6.58 Å². The van der Waals surface area contributed by atoms with Crippen LogP contribution in [0.5, 0.6) is 0 Å². The van der Waals surface area contributed by atoms with E-state index in [9.17, 15) is 9.50 Å². The van der Waals surface area contributed by atoms with E-state index in [1.807, 2.05) is 12.1 Å². The molecule has 1 N–H and O–H groups in total. The zero-order valence-electron chi connectivity index (χ0n) is 14.0. The summed E-state index contributed by atoms with van der Waals surface area (Å²) in [6.07, 6.45) is 11.7. The lowest BCUT2D eigenvalue weighted by atomic mass is 10.1. The second-order valence-corrected chi connectivity index (χ2v) is 5.80. The highest BCUT2D eigenvalue weighted by Gasteiger charge is 2.04. The van der Waals surface area contributed by atoms with E-state index in [0.717, 1.165) is 30.4 Å². The van der Waals surface area contributed by atoms with Gasteiger partial charge in [-0.2, -0.15) is 0 Å². The Kier molecular flexibility index (Phi) is 6.82. The molecule has 2 rings (SSSR count). The van der Waals surface area contributed by atoms with E-state index in [-0.39, 0.29) is 11.9 Å². The van der Waals surface area contributed by atoms with Crippen LogP contribution in [0.15, 0.2) is 49.3 Å². The Morgan fingerprint density at radius 3 is 2.62 bits per heavy atom. The SMILES string of the molecule is C=CCc1ncc(-c2ccc(C=CCCCC(C)O)c(F)c2)cn1. The summed E-state index contributed by atoms with van der Waals surface area (Å²) in [4.78, 5) is 8.48. The molecule has 1 heterocycles. The fourth-order valence-electron chi connectivity index (χ4n) is 2.32. The minimum atomic E-state index is -0.283. The van der Waals surface area contributed by atoms with Gasteiger partial charge in [0.15, 0.2) is 0 Å². The molecule has 0 fully saturated rings. The van der Waals surface area contributed by atoms with E-state index in [4.69, 9.17) is 0 Å². The van der Waals surface area contributed by atoms with Gasteiger partial charge in [0.05, 0.1) is 6.10 Å². The van der Waals surface area contributed by atoms with Crippen LogP contribution in [0.2, 0.25) is 0 Å². The monoisotopic (exact) mass is 326 g/mol. The highest BCUT2D eigenvalue weighted by molar-refractivity contribution is 5.64. The first kappa shape index (κ1) is 18.0. The van der Waals surface area contributed by atoms with Crippen molar-refractivity contribution in [2.24, 2.45) is 0 Å². The first-order valence-corrected chi connectivity index (χ1v) is 8.16. The Labute approximate surface area is 142 Å². The molecule has 0 saturated heterocycles. The minimum absolute atomic E-state index is 0.269. The van der Waals surface area contributed by atoms with Crippen LogP contribution in [0, 0.1) is 5.82 Å². The third-order valence-corrected chi connectivity index (χ3v) is 3.66. The maximum absolute atomic E-state index is 14.2. The molecule has 0 aliphatic carbocycles. The van der Waals surface area contributed by atoms with Crippen molar-refractivity contribution < 1.29 is 9.50 Å². The molecule has 1 aromatic heterocycles. The van der Waals surface area contributed by atoms with Crippen LogP contribution < -0.4 is 0 Å². The third kappa shape index (κ3) is 5.39. The second-order valence-electron chi connectivity index (χ2n) is 5.80. The molecule has 0 amide bonds. The van der Waals surface area contributed by atoms with Gasteiger partial charge in [0.2, 0.25) is 0 Å². The molecule has 0 spiro atoms. The summed E-state index contributed by atoms with van der Waals surface area (Å²) in [6.45, 7) is 5.43. The number of halogens is 1. The first-order valence-electron chi connectivity index (χ1n) is 8.16. The number of hydrogen-bond donors (Lipinski definition) is 1. The molecule has 0 bridgehead atoms. The Balaban J connectivity index is 2.03. The molecule has 0 radical (unpaired) electrons. The normalized spacial score (nSPS) is 12.5. The molecular weight excluding hydrogens is 303 g/mol. The second kappa shape index (κ2) is 9.08. The molecule has 126 valence electrons. The maximum atomic E-state index is 14.2. The number of aliphatic hydroxyl groups is 1. The van der Waals surface area contributed by atoms with Crippen molar-refractivity contribution in [2.75, 3.05) is 0 Å². The molecular formula is C20H23FN2O. The summed E-state index contributed by atoms with van der Waals surface area (Å²) >= 11 is 0. The smallest absolute Gasteiger partial charge is 0.131 e. The van der Waals surface area contributed by atoms with Gasteiger partial charge in [-0.05, 0) is 37.8 Å². The molecule has 3 nitrogen and oxygen atoms in total. The number of unbranched alkanes of at least 4 members (excludes halogenated alkanes) is 1. The highest BCUT2D eigenvalue weighted by atomic mass is 19.1. The van der Waals surface area contributed by atoms with Crippen LogP contribution in [-0.4, -0.2) is 21.2 Å². The number of allylic oxidation sites excluding steroid dienone is 2. The van der Waals surface area contributed by atoms with E-state index in [1.54, 1.807) is 37.5 Å². The Morgan fingerprint density at radius 1 is 1.25 bits per heavy atom. The van der Waals surface area contributed by atoms with Crippen molar-refractivity contribution in [1.29, 1.82) is 0 Å². The molecule has 1 aromatic carbocycles. The zero-order chi connectivity index (χ0) is 17.4. The molecule has 4 heteroatoms. The molecule has 2 aromatic rings. The van der Waals surface area contributed by atoms with Crippen molar-refractivity contribution in [3.8, 4) is 11.1 Å². The molecule has 0 aliphatic heterocycles. The van der Waals surface area contributed by atoms with Gasteiger partial charge < -0.3 is 5.11 Å². The summed E-state index contributed by atoms with van der Waals surface area (Å²) in [5.74, 6) is 0.431. The van der Waals surface area contributed by atoms with Gasteiger partial charge in [0, 0.05) is 29.9 Å². The molecule has 1 unspecified atom stereocenters. The Bertz CT molecular complexity index is 693. The first-order chi connectivity index (χ1) is 11.6. The van der Waals surface area contributed by atoms with Crippen molar-refractivity contribution in [3.63, 3.8) is 0 Å². The molecule has 24 heavy (non-hydrogen) atoms. The predicted octanol–water partition coefficient (Wildman–Crippen LogP) is 4.58. The zero-order valence-corrected chi connectivity index (χ0v) is 14.0. The summed E-state index contributed by atoms with van der Waals surface area (Å²) in [7, 11) is 0. The van der Waals surface area contributed by atoms with Crippen molar-refractivity contribution in [2.45, 2.75) is 38.7 Å². The van der Waals surface area contributed by atoms with Crippen LogP contribution in [-0.2, 0) is 6.42 Å². The predicted molar refractivity (Wildman–Crippen MR) is 95.9 cm³/mol. The Hall–Kier alpha value is -2.33. The number of aromatic nitrogens is 2. The van der Waals surface area contributed by atoms with E-state index in [2.05, 4.69) is 16.5 Å². The number of aliphatic hydroxyl groups excluding tert-OH is 1. The van der Waals surface area contributed by atoms with Crippen LogP contribution in [0.25, 0.3) is 17.2 Å². The minimum Gasteiger partial charge on any atom is -0.393 e. The van der Waals surface area contributed by atoms with Crippen LogP contribution in [0.1, 0.15) is 37.6 Å². The average molecular weight is 326 g/mol.